The van der Waals surface area contributed by atoms with E-state index in [9.17, 15) is 4.79 Å². The number of carbonyl (C=O) groups is 1. The van der Waals surface area contributed by atoms with Crippen LogP contribution in [0.1, 0.15) is 33.6 Å². The van der Waals surface area contributed by atoms with E-state index in [1.54, 1.807) is 0 Å². The van der Waals surface area contributed by atoms with Gasteiger partial charge in [-0.2, -0.15) is 0 Å². The molecule has 0 aromatic carbocycles. The number of rotatable bonds is 2. The van der Waals surface area contributed by atoms with Gasteiger partial charge in [-0.1, -0.05) is 20.8 Å². The second-order valence-electron chi connectivity index (χ2n) is 4.53. The van der Waals surface area contributed by atoms with E-state index in [0.29, 0.717) is 11.8 Å². The van der Waals surface area contributed by atoms with E-state index in [0.717, 1.165) is 25.9 Å². The lowest BCUT2D eigenvalue weighted by molar-refractivity contribution is -0.137. The minimum absolute atomic E-state index is 0.141. The fourth-order valence-electron chi connectivity index (χ4n) is 1.64. The maximum atomic E-state index is 11.9. The summed E-state index contributed by atoms with van der Waals surface area (Å²) in [6, 6.07) is 0. The number of nitrogens with zero attached hydrogens (tertiary/aromatic N) is 1. The standard InChI is InChI=1S/C11H20ClNO/c1-8(2)9(3)11(14)13-6-4-10(12)5-7-13/h8-10H,4-7H2,1-3H3. The zero-order valence-electron chi connectivity index (χ0n) is 9.29. The highest BCUT2D eigenvalue weighted by Gasteiger charge is 2.26. The Morgan fingerprint density at radius 1 is 1.29 bits per heavy atom. The fraction of sp³-hybridized carbons (Fsp3) is 0.909. The number of piperidine rings is 1. The molecule has 1 aliphatic heterocycles. The molecule has 0 saturated carbocycles. The van der Waals surface area contributed by atoms with Crippen LogP contribution in [0.15, 0.2) is 0 Å². The molecule has 82 valence electrons. The number of carbonyl (C=O) groups excluding carboxylic acids is 1. The van der Waals surface area contributed by atoms with Crippen molar-refractivity contribution < 1.29 is 4.79 Å². The smallest absolute Gasteiger partial charge is 0.225 e. The molecule has 1 amide bonds. The van der Waals surface area contributed by atoms with Gasteiger partial charge in [0.15, 0.2) is 0 Å². The minimum Gasteiger partial charge on any atom is -0.342 e. The molecule has 0 radical (unpaired) electrons. The molecule has 0 N–H and O–H groups in total. The highest BCUT2D eigenvalue weighted by Crippen LogP contribution is 2.20. The number of alkyl halides is 1. The second kappa shape index (κ2) is 5.01. The molecule has 1 rings (SSSR count). The van der Waals surface area contributed by atoms with Crippen molar-refractivity contribution in [3.05, 3.63) is 0 Å². The van der Waals surface area contributed by atoms with E-state index < -0.39 is 0 Å². The Hall–Kier alpha value is -0.240. The molecule has 2 nitrogen and oxygen atoms in total. The first-order valence-electron chi connectivity index (χ1n) is 5.45. The Labute approximate surface area is 91.6 Å². The lowest BCUT2D eigenvalue weighted by Crippen LogP contribution is -2.42. The molecule has 1 atom stereocenters. The van der Waals surface area contributed by atoms with Crippen molar-refractivity contribution in [2.45, 2.75) is 39.0 Å². The summed E-state index contributed by atoms with van der Waals surface area (Å²) in [4.78, 5) is 13.9. The van der Waals surface area contributed by atoms with Crippen LogP contribution in [0.4, 0.5) is 0 Å². The molecule has 0 aromatic heterocycles. The van der Waals surface area contributed by atoms with Crippen LogP contribution in [0.3, 0.4) is 0 Å². The summed E-state index contributed by atoms with van der Waals surface area (Å²) in [6.45, 7) is 7.88. The van der Waals surface area contributed by atoms with Crippen LogP contribution in [-0.2, 0) is 4.79 Å². The Morgan fingerprint density at radius 3 is 2.21 bits per heavy atom. The van der Waals surface area contributed by atoms with Gasteiger partial charge in [0.1, 0.15) is 0 Å². The number of halogens is 1. The van der Waals surface area contributed by atoms with Gasteiger partial charge in [0.2, 0.25) is 5.91 Å². The van der Waals surface area contributed by atoms with Crippen LogP contribution in [0, 0.1) is 11.8 Å². The molecule has 1 unspecified atom stereocenters. The molecule has 3 heteroatoms. The van der Waals surface area contributed by atoms with Gasteiger partial charge in [0.05, 0.1) is 0 Å². The van der Waals surface area contributed by atoms with E-state index in [1.165, 1.54) is 0 Å². The summed E-state index contributed by atoms with van der Waals surface area (Å²) in [5.74, 6) is 0.863. The van der Waals surface area contributed by atoms with Crippen molar-refractivity contribution in [3.63, 3.8) is 0 Å². The summed E-state index contributed by atoms with van der Waals surface area (Å²) in [5.41, 5.74) is 0. The van der Waals surface area contributed by atoms with Gasteiger partial charge in [0, 0.05) is 24.4 Å². The molecule has 1 fully saturated rings. The molecule has 14 heavy (non-hydrogen) atoms. The van der Waals surface area contributed by atoms with Crippen molar-refractivity contribution in [2.24, 2.45) is 11.8 Å². The van der Waals surface area contributed by atoms with Gasteiger partial charge in [-0.25, -0.2) is 0 Å². The van der Waals surface area contributed by atoms with Gasteiger partial charge in [-0.05, 0) is 18.8 Å². The van der Waals surface area contributed by atoms with Crippen LogP contribution in [0.25, 0.3) is 0 Å². The Kier molecular flexibility index (Phi) is 4.24. The third-order valence-corrected chi connectivity index (χ3v) is 3.56. The zero-order chi connectivity index (χ0) is 10.7. The van der Waals surface area contributed by atoms with Gasteiger partial charge in [0.25, 0.3) is 0 Å². The Balaban J connectivity index is 2.45. The van der Waals surface area contributed by atoms with Crippen LogP contribution < -0.4 is 0 Å². The molecule has 1 heterocycles. The SMILES string of the molecule is CC(C)C(C)C(=O)N1CCC(Cl)CC1. The van der Waals surface area contributed by atoms with Gasteiger partial charge in [-0.3, -0.25) is 4.79 Å². The topological polar surface area (TPSA) is 20.3 Å². The molecule has 1 aliphatic rings. The van der Waals surface area contributed by atoms with E-state index in [1.807, 2.05) is 11.8 Å². The van der Waals surface area contributed by atoms with E-state index in [4.69, 9.17) is 11.6 Å². The van der Waals surface area contributed by atoms with Crippen LogP contribution >= 0.6 is 11.6 Å². The quantitative estimate of drug-likeness (QED) is 0.651. The van der Waals surface area contributed by atoms with Crippen molar-refractivity contribution in [1.82, 2.24) is 4.90 Å². The molecular formula is C11H20ClNO. The van der Waals surface area contributed by atoms with E-state index >= 15 is 0 Å². The minimum atomic E-state index is 0.141. The maximum Gasteiger partial charge on any atom is 0.225 e. The zero-order valence-corrected chi connectivity index (χ0v) is 10.0. The molecule has 1 saturated heterocycles. The summed E-state index contributed by atoms with van der Waals surface area (Å²) in [6.07, 6.45) is 1.89. The lowest BCUT2D eigenvalue weighted by Gasteiger charge is -2.32. The monoisotopic (exact) mass is 217 g/mol. The van der Waals surface area contributed by atoms with Gasteiger partial charge in [-0.15, -0.1) is 11.6 Å². The van der Waals surface area contributed by atoms with Crippen molar-refractivity contribution >= 4 is 17.5 Å². The number of amides is 1. The predicted molar refractivity (Wildman–Crippen MR) is 59.5 cm³/mol. The van der Waals surface area contributed by atoms with Crippen LogP contribution in [-0.4, -0.2) is 29.3 Å². The van der Waals surface area contributed by atoms with Crippen molar-refractivity contribution in [2.75, 3.05) is 13.1 Å². The Bertz CT molecular complexity index is 197. The predicted octanol–water partition coefficient (Wildman–Crippen LogP) is 2.51. The normalized spacial score (nSPS) is 21.4. The van der Waals surface area contributed by atoms with Gasteiger partial charge < -0.3 is 4.90 Å². The first kappa shape index (κ1) is 11.8. The van der Waals surface area contributed by atoms with Crippen molar-refractivity contribution in [1.29, 1.82) is 0 Å². The molecular weight excluding hydrogens is 198 g/mol. The van der Waals surface area contributed by atoms with E-state index in [2.05, 4.69) is 13.8 Å². The second-order valence-corrected chi connectivity index (χ2v) is 5.15. The molecule has 0 aromatic rings. The van der Waals surface area contributed by atoms with Crippen molar-refractivity contribution in [3.8, 4) is 0 Å². The molecule has 0 spiro atoms. The first-order valence-corrected chi connectivity index (χ1v) is 5.89. The number of hydrogen-bond donors (Lipinski definition) is 0. The lowest BCUT2D eigenvalue weighted by atomic mass is 9.95. The fourth-order valence-corrected chi connectivity index (χ4v) is 1.84. The third-order valence-electron chi connectivity index (χ3n) is 3.13. The van der Waals surface area contributed by atoms with Gasteiger partial charge >= 0.3 is 0 Å². The average molecular weight is 218 g/mol. The summed E-state index contributed by atoms with van der Waals surface area (Å²) in [7, 11) is 0. The van der Waals surface area contributed by atoms with E-state index in [-0.39, 0.29) is 11.3 Å². The van der Waals surface area contributed by atoms with Crippen LogP contribution in [0.2, 0.25) is 0 Å². The largest absolute Gasteiger partial charge is 0.342 e. The summed E-state index contributed by atoms with van der Waals surface area (Å²) in [5, 5.41) is 0.272. The number of hydrogen-bond acceptors (Lipinski definition) is 1. The Morgan fingerprint density at radius 2 is 1.79 bits per heavy atom. The summed E-state index contributed by atoms with van der Waals surface area (Å²) < 4.78 is 0. The molecule has 0 bridgehead atoms. The first-order chi connectivity index (χ1) is 6.52. The number of likely N-dealkylation sites (tertiary alicyclic amines) is 1. The summed E-state index contributed by atoms with van der Waals surface area (Å²) >= 11 is 5.99. The molecule has 0 aliphatic carbocycles. The highest BCUT2D eigenvalue weighted by molar-refractivity contribution is 6.20. The highest BCUT2D eigenvalue weighted by atomic mass is 35.5. The maximum absolute atomic E-state index is 11.9. The third kappa shape index (κ3) is 2.88. The average Bonchev–Trinajstić information content (AvgIpc) is 2.16. The van der Waals surface area contributed by atoms with Crippen LogP contribution in [0.5, 0.6) is 0 Å².